The van der Waals surface area contributed by atoms with Gasteiger partial charge in [0.1, 0.15) is 0 Å². The van der Waals surface area contributed by atoms with Crippen molar-refractivity contribution in [3.8, 4) is 11.3 Å². The lowest BCUT2D eigenvalue weighted by Crippen LogP contribution is -2.15. The van der Waals surface area contributed by atoms with Gasteiger partial charge in [-0.2, -0.15) is 0 Å². The molecule has 0 N–H and O–H groups in total. The Morgan fingerprint density at radius 3 is 2.45 bits per heavy atom. The molecule has 0 spiro atoms. The van der Waals surface area contributed by atoms with Crippen molar-refractivity contribution in [3.05, 3.63) is 69.3 Å². The molecule has 1 aromatic heterocycles. The Kier molecular flexibility index (Phi) is 4.90. The van der Waals surface area contributed by atoms with Crippen LogP contribution in [-0.2, 0) is 6.54 Å². The van der Waals surface area contributed by atoms with Crippen LogP contribution in [0.25, 0.3) is 11.3 Å². The van der Waals surface area contributed by atoms with E-state index in [2.05, 4.69) is 57.1 Å². The van der Waals surface area contributed by atoms with Crippen molar-refractivity contribution < 1.29 is 0 Å². The molecule has 0 aliphatic rings. The van der Waals surface area contributed by atoms with Gasteiger partial charge in [-0.3, -0.25) is 0 Å². The molecule has 0 unspecified atom stereocenters. The molecule has 2 aromatic carbocycles. The van der Waals surface area contributed by atoms with Crippen molar-refractivity contribution >= 4 is 33.0 Å². The maximum absolute atomic E-state index is 4.80. The zero-order valence-corrected chi connectivity index (χ0v) is 14.8. The second kappa shape index (κ2) is 7.07. The van der Waals surface area contributed by atoms with Crippen molar-refractivity contribution in [1.82, 2.24) is 4.57 Å². The number of thiazole rings is 1. The topological polar surface area (TPSA) is 17.3 Å². The van der Waals surface area contributed by atoms with Crippen LogP contribution >= 0.6 is 27.3 Å². The fourth-order valence-electron chi connectivity index (χ4n) is 2.32. The molecule has 22 heavy (non-hydrogen) atoms. The zero-order valence-electron chi connectivity index (χ0n) is 12.4. The molecule has 0 amide bonds. The van der Waals surface area contributed by atoms with Gasteiger partial charge in [-0.25, -0.2) is 4.99 Å². The van der Waals surface area contributed by atoms with E-state index in [1.165, 1.54) is 11.3 Å². The monoisotopic (exact) mass is 372 g/mol. The lowest BCUT2D eigenvalue weighted by molar-refractivity contribution is 0.667. The molecule has 3 rings (SSSR count). The Morgan fingerprint density at radius 2 is 1.77 bits per heavy atom. The molecule has 0 saturated carbocycles. The standard InChI is InChI=1S/C18H17BrN2S/c1-2-12-21-17(14-8-10-15(19)11-9-14)13-22-18(21)20-16-6-4-3-5-7-16/h3-11,13H,2,12H2,1H3. The molecular formula is C18H17BrN2S. The average molecular weight is 373 g/mol. The van der Waals surface area contributed by atoms with Crippen molar-refractivity contribution in [3.63, 3.8) is 0 Å². The third-order valence-corrected chi connectivity index (χ3v) is 4.76. The Hall–Kier alpha value is -1.65. The van der Waals surface area contributed by atoms with Crippen LogP contribution in [0.4, 0.5) is 5.69 Å². The lowest BCUT2D eigenvalue weighted by atomic mass is 10.2. The van der Waals surface area contributed by atoms with Crippen LogP contribution in [0.3, 0.4) is 0 Å². The second-order valence-corrected chi connectivity index (χ2v) is 6.76. The summed E-state index contributed by atoms with van der Waals surface area (Å²) in [4.78, 5) is 5.84. The van der Waals surface area contributed by atoms with Gasteiger partial charge < -0.3 is 4.57 Å². The van der Waals surface area contributed by atoms with Crippen molar-refractivity contribution in [2.75, 3.05) is 0 Å². The zero-order chi connectivity index (χ0) is 15.4. The molecule has 0 fully saturated rings. The van der Waals surface area contributed by atoms with Gasteiger partial charge >= 0.3 is 0 Å². The third kappa shape index (κ3) is 3.39. The second-order valence-electron chi connectivity index (χ2n) is 5.01. The maximum atomic E-state index is 4.80. The molecule has 112 valence electrons. The fourth-order valence-corrected chi connectivity index (χ4v) is 3.54. The number of halogens is 1. The summed E-state index contributed by atoms with van der Waals surface area (Å²) in [5.74, 6) is 0. The van der Waals surface area contributed by atoms with Crippen LogP contribution < -0.4 is 4.80 Å². The van der Waals surface area contributed by atoms with Crippen LogP contribution in [0.1, 0.15) is 13.3 Å². The summed E-state index contributed by atoms with van der Waals surface area (Å²) in [6.07, 6.45) is 1.09. The van der Waals surface area contributed by atoms with Gasteiger partial charge in [-0.15, -0.1) is 11.3 Å². The van der Waals surface area contributed by atoms with Crippen LogP contribution in [-0.4, -0.2) is 4.57 Å². The molecule has 4 heteroatoms. The summed E-state index contributed by atoms with van der Waals surface area (Å²) >= 11 is 5.19. The van der Waals surface area contributed by atoms with Gasteiger partial charge in [0, 0.05) is 16.4 Å². The van der Waals surface area contributed by atoms with Gasteiger partial charge in [-0.05, 0) is 36.2 Å². The first-order valence-electron chi connectivity index (χ1n) is 7.32. The van der Waals surface area contributed by atoms with Gasteiger partial charge in [0.15, 0.2) is 4.80 Å². The Morgan fingerprint density at radius 1 is 1.05 bits per heavy atom. The quantitative estimate of drug-likeness (QED) is 0.565. The van der Waals surface area contributed by atoms with E-state index < -0.39 is 0 Å². The van der Waals surface area contributed by atoms with Crippen LogP contribution in [0.2, 0.25) is 0 Å². The van der Waals surface area contributed by atoms with Crippen LogP contribution in [0, 0.1) is 0 Å². The largest absolute Gasteiger partial charge is 0.316 e. The number of hydrogen-bond acceptors (Lipinski definition) is 2. The number of nitrogens with zero attached hydrogens (tertiary/aromatic N) is 2. The first-order chi connectivity index (χ1) is 10.8. The minimum atomic E-state index is 0.973. The summed E-state index contributed by atoms with van der Waals surface area (Å²) in [7, 11) is 0. The molecule has 0 radical (unpaired) electrons. The summed E-state index contributed by atoms with van der Waals surface area (Å²) in [6.45, 7) is 3.17. The number of hydrogen-bond donors (Lipinski definition) is 0. The molecule has 0 atom stereocenters. The van der Waals surface area contributed by atoms with E-state index in [0.29, 0.717) is 0 Å². The number of rotatable bonds is 4. The highest BCUT2D eigenvalue weighted by atomic mass is 79.9. The van der Waals surface area contributed by atoms with E-state index >= 15 is 0 Å². The molecule has 0 aliphatic heterocycles. The number of aromatic nitrogens is 1. The van der Waals surface area contributed by atoms with Gasteiger partial charge in [0.25, 0.3) is 0 Å². The minimum absolute atomic E-state index is 0.973. The molecule has 0 bridgehead atoms. The minimum Gasteiger partial charge on any atom is -0.316 e. The molecule has 3 aromatic rings. The first kappa shape index (κ1) is 15.3. The van der Waals surface area contributed by atoms with Gasteiger partial charge in [0.05, 0.1) is 11.4 Å². The summed E-state index contributed by atoms with van der Waals surface area (Å²) in [5.41, 5.74) is 3.45. The van der Waals surface area contributed by atoms with E-state index in [4.69, 9.17) is 4.99 Å². The predicted molar refractivity (Wildman–Crippen MR) is 97.4 cm³/mol. The van der Waals surface area contributed by atoms with Crippen LogP contribution in [0.15, 0.2) is 69.4 Å². The van der Waals surface area contributed by atoms with Crippen molar-refractivity contribution in [2.24, 2.45) is 4.99 Å². The van der Waals surface area contributed by atoms with E-state index in [1.807, 2.05) is 30.3 Å². The Bertz CT molecular complexity index is 801. The molecular weight excluding hydrogens is 356 g/mol. The third-order valence-electron chi connectivity index (χ3n) is 3.37. The first-order valence-corrected chi connectivity index (χ1v) is 8.99. The average Bonchev–Trinajstić information content (AvgIpc) is 2.92. The number of benzene rings is 2. The summed E-state index contributed by atoms with van der Waals surface area (Å²) in [6, 6.07) is 18.6. The van der Waals surface area contributed by atoms with E-state index in [9.17, 15) is 0 Å². The summed E-state index contributed by atoms with van der Waals surface area (Å²) in [5, 5.41) is 2.20. The SMILES string of the molecule is CCCn1c(-c2ccc(Br)cc2)csc1=Nc1ccccc1. The molecule has 0 aliphatic carbocycles. The van der Waals surface area contributed by atoms with Crippen LogP contribution in [0.5, 0.6) is 0 Å². The summed E-state index contributed by atoms with van der Waals surface area (Å²) < 4.78 is 3.41. The maximum Gasteiger partial charge on any atom is 0.190 e. The smallest absolute Gasteiger partial charge is 0.190 e. The van der Waals surface area contributed by atoms with Crippen molar-refractivity contribution in [1.29, 1.82) is 0 Å². The highest BCUT2D eigenvalue weighted by Gasteiger charge is 2.07. The van der Waals surface area contributed by atoms with E-state index in [1.54, 1.807) is 11.3 Å². The Balaban J connectivity index is 2.09. The van der Waals surface area contributed by atoms with Gasteiger partial charge in [0.2, 0.25) is 0 Å². The predicted octanol–water partition coefficient (Wildman–Crippen LogP) is 5.62. The highest BCUT2D eigenvalue weighted by Crippen LogP contribution is 2.23. The molecule has 2 nitrogen and oxygen atoms in total. The van der Waals surface area contributed by atoms with Crippen molar-refractivity contribution in [2.45, 2.75) is 19.9 Å². The molecule has 1 heterocycles. The van der Waals surface area contributed by atoms with Gasteiger partial charge in [-0.1, -0.05) is 53.2 Å². The highest BCUT2D eigenvalue weighted by molar-refractivity contribution is 9.10. The van der Waals surface area contributed by atoms with E-state index in [0.717, 1.165) is 27.9 Å². The Labute approximate surface area is 142 Å². The molecule has 0 saturated heterocycles. The number of para-hydroxylation sites is 1. The van der Waals surface area contributed by atoms with E-state index in [-0.39, 0.29) is 0 Å². The fraction of sp³-hybridized carbons (Fsp3) is 0.167. The normalized spacial score (nSPS) is 11.8. The lowest BCUT2D eigenvalue weighted by Gasteiger charge is -2.08.